The Bertz CT molecular complexity index is 374. The van der Waals surface area contributed by atoms with Gasteiger partial charge in [-0.2, -0.15) is 8.42 Å². The molecular formula is C10H20N2O4S. The fraction of sp³-hybridized carbons (Fsp3) is 0.700. The highest BCUT2D eigenvalue weighted by Gasteiger charge is 2.32. The molecular weight excluding hydrogens is 244 g/mol. The van der Waals surface area contributed by atoms with Gasteiger partial charge in [0.2, 0.25) is 0 Å². The van der Waals surface area contributed by atoms with Crippen LogP contribution in [0.2, 0.25) is 0 Å². The summed E-state index contributed by atoms with van der Waals surface area (Å²) in [6.45, 7) is 9.20. The van der Waals surface area contributed by atoms with Crippen molar-refractivity contribution in [1.82, 2.24) is 4.90 Å². The average Bonchev–Trinajstić information content (AvgIpc) is 2.24. The second kappa shape index (κ2) is 6.73. The maximum atomic E-state index is 11.8. The van der Waals surface area contributed by atoms with Crippen LogP contribution in [0, 0.1) is 0 Å². The summed E-state index contributed by atoms with van der Waals surface area (Å²) >= 11 is 0. The number of carbonyl (C=O) groups is 1. The number of hydrogen-bond donors (Lipinski definition) is 1. The molecule has 0 rings (SSSR count). The summed E-state index contributed by atoms with van der Waals surface area (Å²) in [7, 11) is -4.05. The third-order valence-corrected chi connectivity index (χ3v) is 3.84. The van der Waals surface area contributed by atoms with Crippen molar-refractivity contribution in [3.05, 3.63) is 12.2 Å². The summed E-state index contributed by atoms with van der Waals surface area (Å²) in [5.41, 5.74) is 5.46. The monoisotopic (exact) mass is 264 g/mol. The first-order chi connectivity index (χ1) is 7.80. The fourth-order valence-corrected chi connectivity index (χ4v) is 2.68. The minimum absolute atomic E-state index is 0.0314. The first kappa shape index (κ1) is 16.1. The van der Waals surface area contributed by atoms with Crippen molar-refractivity contribution in [2.45, 2.75) is 26.1 Å². The van der Waals surface area contributed by atoms with Crippen molar-refractivity contribution < 1.29 is 17.4 Å². The van der Waals surface area contributed by atoms with E-state index in [1.54, 1.807) is 4.90 Å². The van der Waals surface area contributed by atoms with E-state index in [1.807, 2.05) is 13.8 Å². The molecule has 0 aliphatic carbocycles. The summed E-state index contributed by atoms with van der Waals surface area (Å²) in [5.74, 6) is -0.949. The van der Waals surface area contributed by atoms with E-state index in [2.05, 4.69) is 10.8 Å². The molecule has 7 heteroatoms. The lowest BCUT2D eigenvalue weighted by molar-refractivity contribution is -0.129. The van der Waals surface area contributed by atoms with Crippen LogP contribution < -0.4 is 5.73 Å². The molecule has 0 aliphatic rings. The van der Waals surface area contributed by atoms with Gasteiger partial charge in [0.15, 0.2) is 5.37 Å². The van der Waals surface area contributed by atoms with Crippen molar-refractivity contribution in [2.75, 3.05) is 19.6 Å². The van der Waals surface area contributed by atoms with Crippen LogP contribution in [0.4, 0.5) is 0 Å². The zero-order chi connectivity index (χ0) is 13.6. The SMILES string of the molecule is C=C(C)C(=O)OS(=O)(=O)C(CN)N(CC)CC. The van der Waals surface area contributed by atoms with Crippen molar-refractivity contribution in [3.8, 4) is 0 Å². The van der Waals surface area contributed by atoms with Gasteiger partial charge < -0.3 is 9.92 Å². The molecule has 0 saturated carbocycles. The lowest BCUT2D eigenvalue weighted by Crippen LogP contribution is -2.47. The molecule has 1 unspecified atom stereocenters. The summed E-state index contributed by atoms with van der Waals surface area (Å²) in [4.78, 5) is 12.8. The molecule has 0 aromatic carbocycles. The van der Waals surface area contributed by atoms with Gasteiger partial charge in [-0.15, -0.1) is 0 Å². The van der Waals surface area contributed by atoms with Crippen LogP contribution in [-0.4, -0.2) is 44.3 Å². The molecule has 0 saturated heterocycles. The minimum atomic E-state index is -4.05. The van der Waals surface area contributed by atoms with Crippen LogP contribution in [0.15, 0.2) is 12.2 Å². The van der Waals surface area contributed by atoms with Crippen LogP contribution in [0.3, 0.4) is 0 Å². The summed E-state index contributed by atoms with van der Waals surface area (Å²) in [6.07, 6.45) is 0. The highest BCUT2D eigenvalue weighted by molar-refractivity contribution is 7.87. The highest BCUT2D eigenvalue weighted by atomic mass is 32.2. The molecule has 17 heavy (non-hydrogen) atoms. The largest absolute Gasteiger partial charge is 0.348 e. The van der Waals surface area contributed by atoms with E-state index in [1.165, 1.54) is 6.92 Å². The molecule has 6 nitrogen and oxygen atoms in total. The van der Waals surface area contributed by atoms with Crippen LogP contribution in [0.5, 0.6) is 0 Å². The van der Waals surface area contributed by atoms with Gasteiger partial charge in [0, 0.05) is 12.1 Å². The Labute approximate surface area is 103 Å². The topological polar surface area (TPSA) is 89.7 Å². The third kappa shape index (κ3) is 4.45. The molecule has 0 heterocycles. The number of carbonyl (C=O) groups excluding carboxylic acids is 1. The van der Waals surface area contributed by atoms with Crippen LogP contribution in [0.25, 0.3) is 0 Å². The number of nitrogens with zero attached hydrogens (tertiary/aromatic N) is 1. The van der Waals surface area contributed by atoms with Crippen molar-refractivity contribution >= 4 is 16.1 Å². The molecule has 0 spiro atoms. The van der Waals surface area contributed by atoms with Gasteiger partial charge >= 0.3 is 16.1 Å². The summed E-state index contributed by atoms with van der Waals surface area (Å²) in [6, 6.07) is 0. The van der Waals surface area contributed by atoms with Crippen LogP contribution in [-0.2, 0) is 19.1 Å². The lowest BCUT2D eigenvalue weighted by atomic mass is 10.4. The minimum Gasteiger partial charge on any atom is -0.340 e. The smallest absolute Gasteiger partial charge is 0.340 e. The molecule has 2 N–H and O–H groups in total. The maximum Gasteiger partial charge on any atom is 0.348 e. The lowest BCUT2D eigenvalue weighted by Gasteiger charge is -2.27. The molecule has 0 fully saturated rings. The van der Waals surface area contributed by atoms with E-state index >= 15 is 0 Å². The van der Waals surface area contributed by atoms with Crippen LogP contribution >= 0.6 is 0 Å². The molecule has 100 valence electrons. The predicted molar refractivity (Wildman–Crippen MR) is 65.6 cm³/mol. The third-order valence-electron chi connectivity index (χ3n) is 2.29. The molecule has 0 amide bonds. The normalized spacial score (nSPS) is 13.5. The van der Waals surface area contributed by atoms with Gasteiger partial charge in [-0.1, -0.05) is 20.4 Å². The van der Waals surface area contributed by atoms with Crippen LogP contribution in [0.1, 0.15) is 20.8 Å². The van der Waals surface area contributed by atoms with E-state index in [4.69, 9.17) is 5.73 Å². The molecule has 1 atom stereocenters. The molecule has 0 bridgehead atoms. The van der Waals surface area contributed by atoms with Gasteiger partial charge in [-0.3, -0.25) is 4.90 Å². The van der Waals surface area contributed by atoms with Gasteiger partial charge in [-0.05, 0) is 20.0 Å². The number of rotatable bonds is 7. The second-order valence-electron chi connectivity index (χ2n) is 3.56. The Morgan fingerprint density at radius 2 is 1.88 bits per heavy atom. The Morgan fingerprint density at radius 3 is 2.18 bits per heavy atom. The number of nitrogens with two attached hydrogens (primary N) is 1. The van der Waals surface area contributed by atoms with Crippen molar-refractivity contribution in [2.24, 2.45) is 5.73 Å². The predicted octanol–water partition coefficient (Wildman–Crippen LogP) is 0.0621. The van der Waals surface area contributed by atoms with Gasteiger partial charge in [0.1, 0.15) is 0 Å². The molecule has 0 aromatic rings. The molecule has 0 aromatic heterocycles. The average molecular weight is 264 g/mol. The zero-order valence-corrected chi connectivity index (χ0v) is 11.3. The molecule has 0 aliphatic heterocycles. The quantitative estimate of drug-likeness (QED) is 0.516. The Kier molecular flexibility index (Phi) is 6.36. The first-order valence-electron chi connectivity index (χ1n) is 5.37. The second-order valence-corrected chi connectivity index (χ2v) is 5.25. The summed E-state index contributed by atoms with van der Waals surface area (Å²) in [5, 5.41) is -1.01. The molecule has 0 radical (unpaired) electrons. The van der Waals surface area contributed by atoms with Gasteiger partial charge in [-0.25, -0.2) is 4.79 Å². The van der Waals surface area contributed by atoms with Crippen molar-refractivity contribution in [3.63, 3.8) is 0 Å². The van der Waals surface area contributed by atoms with E-state index in [-0.39, 0.29) is 12.1 Å². The highest BCUT2D eigenvalue weighted by Crippen LogP contribution is 2.11. The van der Waals surface area contributed by atoms with Gasteiger partial charge in [0.05, 0.1) is 0 Å². The standard InChI is InChI=1S/C10H20N2O4S/c1-5-12(6-2)9(7-11)17(14,15)16-10(13)8(3)4/h9H,3,5-7,11H2,1-2,4H3. The zero-order valence-electron chi connectivity index (χ0n) is 10.5. The number of likely N-dealkylation sites (N-methyl/N-ethyl adjacent to an activating group) is 1. The fourth-order valence-electron chi connectivity index (χ4n) is 1.31. The Hall–Kier alpha value is -0.920. The number of hydrogen-bond acceptors (Lipinski definition) is 6. The summed E-state index contributed by atoms with van der Waals surface area (Å²) < 4.78 is 28.1. The van der Waals surface area contributed by atoms with E-state index < -0.39 is 21.5 Å². The van der Waals surface area contributed by atoms with E-state index in [0.717, 1.165) is 0 Å². The van der Waals surface area contributed by atoms with Gasteiger partial charge in [0.25, 0.3) is 0 Å². The maximum absolute atomic E-state index is 11.8. The Balaban J connectivity index is 5.00. The first-order valence-corrected chi connectivity index (χ1v) is 6.84. The van der Waals surface area contributed by atoms with E-state index in [0.29, 0.717) is 13.1 Å². The Morgan fingerprint density at radius 1 is 1.41 bits per heavy atom. The van der Waals surface area contributed by atoms with Crippen molar-refractivity contribution in [1.29, 1.82) is 0 Å². The van der Waals surface area contributed by atoms with E-state index in [9.17, 15) is 13.2 Å².